The SMILES string of the molecule is NC(=O)CCC(Cl)c1ccccc1. The minimum atomic E-state index is -0.304. The van der Waals surface area contributed by atoms with E-state index in [2.05, 4.69) is 0 Å². The minimum absolute atomic E-state index is 0.117. The first-order chi connectivity index (χ1) is 6.20. The number of primary amides is 1. The topological polar surface area (TPSA) is 43.1 Å². The number of amides is 1. The standard InChI is InChI=1S/C10H12ClNO/c11-9(6-7-10(12)13)8-4-2-1-3-5-8/h1-5,9H,6-7H2,(H2,12,13). The number of carbonyl (C=O) groups is 1. The molecule has 0 radical (unpaired) electrons. The van der Waals surface area contributed by atoms with E-state index in [4.69, 9.17) is 17.3 Å². The number of hydrogen-bond acceptors (Lipinski definition) is 1. The Kier molecular flexibility index (Phi) is 3.77. The molecule has 0 aliphatic carbocycles. The number of carbonyl (C=O) groups excluding carboxylic acids is 1. The lowest BCUT2D eigenvalue weighted by atomic mass is 10.1. The lowest BCUT2D eigenvalue weighted by Gasteiger charge is -2.07. The highest BCUT2D eigenvalue weighted by Crippen LogP contribution is 2.24. The van der Waals surface area contributed by atoms with E-state index in [-0.39, 0.29) is 11.3 Å². The molecule has 1 atom stereocenters. The second kappa shape index (κ2) is 4.87. The Labute approximate surface area is 82.7 Å². The molecule has 0 aromatic heterocycles. The van der Waals surface area contributed by atoms with E-state index in [1.165, 1.54) is 0 Å². The zero-order valence-electron chi connectivity index (χ0n) is 7.24. The van der Waals surface area contributed by atoms with Gasteiger partial charge in [0.05, 0.1) is 5.38 Å². The Morgan fingerprint density at radius 2 is 2.00 bits per heavy atom. The first kappa shape index (κ1) is 10.1. The van der Waals surface area contributed by atoms with Crippen LogP contribution in [0.3, 0.4) is 0 Å². The van der Waals surface area contributed by atoms with Gasteiger partial charge in [-0.15, -0.1) is 11.6 Å². The number of alkyl halides is 1. The Morgan fingerprint density at radius 1 is 1.38 bits per heavy atom. The van der Waals surface area contributed by atoms with Crippen molar-refractivity contribution in [3.8, 4) is 0 Å². The van der Waals surface area contributed by atoms with Gasteiger partial charge in [0.15, 0.2) is 0 Å². The van der Waals surface area contributed by atoms with Crippen molar-refractivity contribution >= 4 is 17.5 Å². The maximum atomic E-state index is 10.5. The van der Waals surface area contributed by atoms with Crippen LogP contribution in [0.1, 0.15) is 23.8 Å². The molecular weight excluding hydrogens is 186 g/mol. The largest absolute Gasteiger partial charge is 0.370 e. The fraction of sp³-hybridized carbons (Fsp3) is 0.300. The molecule has 0 saturated heterocycles. The molecule has 0 saturated carbocycles. The fourth-order valence-corrected chi connectivity index (χ4v) is 1.35. The van der Waals surface area contributed by atoms with Crippen LogP contribution in [-0.4, -0.2) is 5.91 Å². The van der Waals surface area contributed by atoms with Gasteiger partial charge >= 0.3 is 0 Å². The van der Waals surface area contributed by atoms with Gasteiger partial charge in [0.25, 0.3) is 0 Å². The number of rotatable bonds is 4. The molecule has 1 aromatic rings. The summed E-state index contributed by atoms with van der Waals surface area (Å²) in [6.07, 6.45) is 0.934. The van der Waals surface area contributed by atoms with Crippen molar-refractivity contribution in [3.05, 3.63) is 35.9 Å². The summed E-state index contributed by atoms with van der Waals surface area (Å²) in [5.74, 6) is -0.304. The Balaban J connectivity index is 2.49. The molecule has 1 rings (SSSR count). The quantitative estimate of drug-likeness (QED) is 0.740. The van der Waals surface area contributed by atoms with Gasteiger partial charge in [-0.2, -0.15) is 0 Å². The second-order valence-electron chi connectivity index (χ2n) is 2.88. The summed E-state index contributed by atoms with van der Waals surface area (Å²) in [7, 11) is 0. The summed E-state index contributed by atoms with van der Waals surface area (Å²) in [6.45, 7) is 0. The van der Waals surface area contributed by atoms with Gasteiger partial charge in [-0.3, -0.25) is 4.79 Å². The Morgan fingerprint density at radius 3 is 2.54 bits per heavy atom. The van der Waals surface area contributed by atoms with Crippen LogP contribution in [-0.2, 0) is 4.79 Å². The third-order valence-corrected chi connectivity index (χ3v) is 2.28. The molecule has 2 N–H and O–H groups in total. The molecule has 2 nitrogen and oxygen atoms in total. The molecule has 0 fully saturated rings. The number of nitrogens with two attached hydrogens (primary N) is 1. The molecule has 70 valence electrons. The van der Waals surface area contributed by atoms with E-state index in [1.54, 1.807) is 0 Å². The highest BCUT2D eigenvalue weighted by atomic mass is 35.5. The zero-order chi connectivity index (χ0) is 9.68. The average Bonchev–Trinajstić information content (AvgIpc) is 2.15. The third-order valence-electron chi connectivity index (χ3n) is 1.81. The molecule has 1 aromatic carbocycles. The van der Waals surface area contributed by atoms with E-state index in [0.29, 0.717) is 12.8 Å². The maximum absolute atomic E-state index is 10.5. The molecule has 0 spiro atoms. The molecule has 13 heavy (non-hydrogen) atoms. The van der Waals surface area contributed by atoms with Crippen LogP contribution < -0.4 is 5.73 Å². The smallest absolute Gasteiger partial charge is 0.217 e. The van der Waals surface area contributed by atoms with Gasteiger partial charge in [0, 0.05) is 6.42 Å². The van der Waals surface area contributed by atoms with Crippen LogP contribution in [0.2, 0.25) is 0 Å². The van der Waals surface area contributed by atoms with E-state index >= 15 is 0 Å². The summed E-state index contributed by atoms with van der Waals surface area (Å²) in [6, 6.07) is 9.67. The second-order valence-corrected chi connectivity index (χ2v) is 3.41. The molecule has 0 aliphatic rings. The zero-order valence-corrected chi connectivity index (χ0v) is 8.00. The van der Waals surface area contributed by atoms with Gasteiger partial charge in [-0.25, -0.2) is 0 Å². The van der Waals surface area contributed by atoms with E-state index in [1.807, 2.05) is 30.3 Å². The van der Waals surface area contributed by atoms with Crippen molar-refractivity contribution in [3.63, 3.8) is 0 Å². The van der Waals surface area contributed by atoms with Gasteiger partial charge in [0.2, 0.25) is 5.91 Å². The summed E-state index contributed by atoms with van der Waals surface area (Å²) < 4.78 is 0. The van der Waals surface area contributed by atoms with E-state index in [0.717, 1.165) is 5.56 Å². The third kappa shape index (κ3) is 3.47. The van der Waals surface area contributed by atoms with Crippen LogP contribution in [0.4, 0.5) is 0 Å². The van der Waals surface area contributed by atoms with Crippen LogP contribution in [0.25, 0.3) is 0 Å². The van der Waals surface area contributed by atoms with Crippen molar-refractivity contribution in [1.82, 2.24) is 0 Å². The molecule has 0 heterocycles. The number of benzene rings is 1. The van der Waals surface area contributed by atoms with Crippen LogP contribution >= 0.6 is 11.6 Å². The van der Waals surface area contributed by atoms with Crippen molar-refractivity contribution in [2.45, 2.75) is 18.2 Å². The van der Waals surface area contributed by atoms with Crippen molar-refractivity contribution in [2.24, 2.45) is 5.73 Å². The summed E-state index contributed by atoms with van der Waals surface area (Å²) in [5.41, 5.74) is 6.05. The number of hydrogen-bond donors (Lipinski definition) is 1. The van der Waals surface area contributed by atoms with E-state index < -0.39 is 0 Å². The number of halogens is 1. The van der Waals surface area contributed by atoms with Gasteiger partial charge in [0.1, 0.15) is 0 Å². The highest BCUT2D eigenvalue weighted by molar-refractivity contribution is 6.20. The summed E-state index contributed by atoms with van der Waals surface area (Å²) >= 11 is 6.04. The Hall–Kier alpha value is -1.02. The van der Waals surface area contributed by atoms with Crippen molar-refractivity contribution in [1.29, 1.82) is 0 Å². The summed E-state index contributed by atoms with van der Waals surface area (Å²) in [4.78, 5) is 10.5. The maximum Gasteiger partial charge on any atom is 0.217 e. The molecule has 1 amide bonds. The molecular formula is C10H12ClNO. The molecule has 0 aliphatic heterocycles. The lowest BCUT2D eigenvalue weighted by molar-refractivity contribution is -0.118. The molecule has 3 heteroatoms. The van der Waals surface area contributed by atoms with Crippen LogP contribution in [0.5, 0.6) is 0 Å². The van der Waals surface area contributed by atoms with Crippen molar-refractivity contribution < 1.29 is 4.79 Å². The van der Waals surface area contributed by atoms with Crippen LogP contribution in [0.15, 0.2) is 30.3 Å². The van der Waals surface area contributed by atoms with Gasteiger partial charge in [-0.05, 0) is 12.0 Å². The molecule has 0 bridgehead atoms. The summed E-state index contributed by atoms with van der Waals surface area (Å²) in [5, 5.41) is -0.117. The molecule has 1 unspecified atom stereocenters. The van der Waals surface area contributed by atoms with E-state index in [9.17, 15) is 4.79 Å². The average molecular weight is 198 g/mol. The first-order valence-corrected chi connectivity index (χ1v) is 4.61. The van der Waals surface area contributed by atoms with Gasteiger partial charge < -0.3 is 5.73 Å². The van der Waals surface area contributed by atoms with Gasteiger partial charge in [-0.1, -0.05) is 30.3 Å². The lowest BCUT2D eigenvalue weighted by Crippen LogP contribution is -2.10. The normalized spacial score (nSPS) is 12.4. The Bertz CT molecular complexity index is 274. The highest BCUT2D eigenvalue weighted by Gasteiger charge is 2.07. The van der Waals surface area contributed by atoms with Crippen LogP contribution in [0, 0.1) is 0 Å². The monoisotopic (exact) mass is 197 g/mol. The predicted molar refractivity (Wildman–Crippen MR) is 53.5 cm³/mol. The minimum Gasteiger partial charge on any atom is -0.370 e. The predicted octanol–water partition coefficient (Wildman–Crippen LogP) is 2.23. The first-order valence-electron chi connectivity index (χ1n) is 4.17. The van der Waals surface area contributed by atoms with Crippen molar-refractivity contribution in [2.75, 3.05) is 0 Å². The fourth-order valence-electron chi connectivity index (χ4n) is 1.10.